The van der Waals surface area contributed by atoms with Gasteiger partial charge >= 0.3 is 0 Å². The molecule has 0 aliphatic rings. The topological polar surface area (TPSA) is 52.4 Å². The van der Waals surface area contributed by atoms with Crippen molar-refractivity contribution in [2.45, 2.75) is 24.0 Å². The first-order valence-corrected chi connectivity index (χ1v) is 12.2. The fourth-order valence-electron chi connectivity index (χ4n) is 3.70. The van der Waals surface area contributed by atoms with Crippen LogP contribution in [0.15, 0.2) is 78.0 Å². The van der Waals surface area contributed by atoms with E-state index in [-0.39, 0.29) is 0 Å². The van der Waals surface area contributed by atoms with Crippen LogP contribution >= 0.6 is 23.4 Å². The van der Waals surface area contributed by atoms with Crippen molar-refractivity contribution in [3.05, 3.63) is 94.8 Å². The molecule has 0 saturated heterocycles. The minimum absolute atomic E-state index is 0.611. The Kier molecular flexibility index (Phi) is 8.11. The van der Waals surface area contributed by atoms with Crippen LogP contribution in [0, 0.1) is 0 Å². The molecule has 0 aliphatic carbocycles. The van der Waals surface area contributed by atoms with Crippen molar-refractivity contribution < 1.29 is 9.47 Å². The lowest BCUT2D eigenvalue weighted by Gasteiger charge is -2.19. The van der Waals surface area contributed by atoms with Crippen molar-refractivity contribution in [2.24, 2.45) is 0 Å². The van der Waals surface area contributed by atoms with Gasteiger partial charge in [-0.25, -0.2) is 0 Å². The maximum Gasteiger partial charge on any atom is 0.196 e. The predicted molar refractivity (Wildman–Crippen MR) is 137 cm³/mol. The van der Waals surface area contributed by atoms with Crippen LogP contribution in [0.5, 0.6) is 11.5 Å². The monoisotopic (exact) mass is 494 g/mol. The number of hydrogen-bond donors (Lipinski definition) is 0. The Morgan fingerprint density at radius 2 is 1.74 bits per heavy atom. The van der Waals surface area contributed by atoms with E-state index >= 15 is 0 Å². The van der Waals surface area contributed by atoms with Gasteiger partial charge in [0.15, 0.2) is 11.0 Å². The van der Waals surface area contributed by atoms with E-state index in [9.17, 15) is 0 Å². The maximum absolute atomic E-state index is 6.17. The van der Waals surface area contributed by atoms with Crippen LogP contribution in [0.4, 0.5) is 0 Å². The number of hydrogen-bond acceptors (Lipinski definition) is 6. The van der Waals surface area contributed by atoms with Crippen LogP contribution in [0.2, 0.25) is 5.02 Å². The number of aromatic nitrogens is 3. The molecule has 176 valence electrons. The average Bonchev–Trinajstić information content (AvgIpc) is 3.25. The predicted octanol–water partition coefficient (Wildman–Crippen LogP) is 5.86. The third-order valence-corrected chi connectivity index (χ3v) is 6.55. The van der Waals surface area contributed by atoms with Crippen molar-refractivity contribution >= 4 is 23.4 Å². The number of ether oxygens (including phenoxy) is 2. The number of halogens is 1. The van der Waals surface area contributed by atoms with E-state index in [2.05, 4.69) is 38.8 Å². The molecule has 6 nitrogen and oxygen atoms in total. The van der Waals surface area contributed by atoms with Gasteiger partial charge in [0.1, 0.15) is 11.5 Å². The van der Waals surface area contributed by atoms with E-state index < -0.39 is 0 Å². The first kappa shape index (κ1) is 24.1. The minimum atomic E-state index is 0.611. The first-order chi connectivity index (χ1) is 16.6. The molecule has 0 bridgehead atoms. The van der Waals surface area contributed by atoms with Gasteiger partial charge in [-0.1, -0.05) is 59.8 Å². The SMILES string of the molecule is COc1cccc(-n2c(CN(C)Cc3ccccc3OC)nnc2SCc2cccc(Cl)c2)c1. The summed E-state index contributed by atoms with van der Waals surface area (Å²) in [6, 6.07) is 23.9. The van der Waals surface area contributed by atoms with Gasteiger partial charge in [-0.3, -0.25) is 9.47 Å². The van der Waals surface area contributed by atoms with Crippen LogP contribution in [0.3, 0.4) is 0 Å². The number of benzene rings is 3. The zero-order chi connectivity index (χ0) is 23.9. The highest BCUT2D eigenvalue weighted by Crippen LogP contribution is 2.28. The normalized spacial score (nSPS) is 11.1. The molecule has 0 aliphatic heterocycles. The van der Waals surface area contributed by atoms with E-state index in [1.807, 2.05) is 60.7 Å². The standard InChI is InChI=1S/C26H27ClN4O2S/c1-30(16-20-9-4-5-13-24(20)33-3)17-25-28-29-26(34-18-19-8-6-10-21(27)14-19)31(25)22-11-7-12-23(15-22)32-2/h4-15H,16-18H2,1-3H3. The van der Waals surface area contributed by atoms with Crippen molar-refractivity contribution in [3.63, 3.8) is 0 Å². The number of rotatable bonds is 10. The molecule has 8 heteroatoms. The highest BCUT2D eigenvalue weighted by atomic mass is 35.5. The molecule has 0 atom stereocenters. The van der Waals surface area contributed by atoms with Gasteiger partial charge in [0.25, 0.3) is 0 Å². The van der Waals surface area contributed by atoms with E-state index in [0.717, 1.165) is 56.6 Å². The summed E-state index contributed by atoms with van der Waals surface area (Å²) in [5.74, 6) is 3.24. The number of para-hydroxylation sites is 1. The second kappa shape index (κ2) is 11.4. The quantitative estimate of drug-likeness (QED) is 0.257. The molecular formula is C26H27ClN4O2S. The van der Waals surface area contributed by atoms with Gasteiger partial charge < -0.3 is 9.47 Å². The molecule has 4 rings (SSSR count). The fourth-order valence-corrected chi connectivity index (χ4v) is 4.83. The Labute approximate surface area is 209 Å². The lowest BCUT2D eigenvalue weighted by molar-refractivity contribution is 0.300. The maximum atomic E-state index is 6.17. The Morgan fingerprint density at radius 1 is 0.912 bits per heavy atom. The summed E-state index contributed by atoms with van der Waals surface area (Å²) < 4.78 is 13.1. The summed E-state index contributed by atoms with van der Waals surface area (Å²) in [5, 5.41) is 10.6. The molecule has 1 aromatic heterocycles. The van der Waals surface area contributed by atoms with Gasteiger partial charge in [-0.2, -0.15) is 0 Å². The van der Waals surface area contributed by atoms with Crippen LogP contribution in [0.25, 0.3) is 5.69 Å². The summed E-state index contributed by atoms with van der Waals surface area (Å²) in [4.78, 5) is 2.20. The molecule has 0 unspecified atom stereocenters. The second-order valence-electron chi connectivity index (χ2n) is 7.84. The zero-order valence-electron chi connectivity index (χ0n) is 19.4. The highest BCUT2D eigenvalue weighted by molar-refractivity contribution is 7.98. The molecule has 0 amide bonds. The van der Waals surface area contributed by atoms with E-state index in [1.165, 1.54) is 0 Å². The van der Waals surface area contributed by atoms with Crippen LogP contribution in [-0.4, -0.2) is 40.9 Å². The van der Waals surface area contributed by atoms with Crippen LogP contribution in [-0.2, 0) is 18.8 Å². The molecular weight excluding hydrogens is 468 g/mol. The Morgan fingerprint density at radius 3 is 2.53 bits per heavy atom. The first-order valence-electron chi connectivity index (χ1n) is 10.8. The lowest BCUT2D eigenvalue weighted by Crippen LogP contribution is -2.20. The summed E-state index contributed by atoms with van der Waals surface area (Å²) in [7, 11) is 5.43. The molecule has 0 saturated carbocycles. The van der Waals surface area contributed by atoms with Gasteiger partial charge in [0.2, 0.25) is 0 Å². The van der Waals surface area contributed by atoms with Crippen molar-refractivity contribution in [3.8, 4) is 17.2 Å². The van der Waals surface area contributed by atoms with E-state index in [4.69, 9.17) is 21.1 Å². The fraction of sp³-hybridized carbons (Fsp3) is 0.231. The Bertz CT molecular complexity index is 1250. The minimum Gasteiger partial charge on any atom is -0.497 e. The second-order valence-corrected chi connectivity index (χ2v) is 9.22. The lowest BCUT2D eigenvalue weighted by atomic mass is 10.2. The molecule has 4 aromatic rings. The summed E-state index contributed by atoms with van der Waals surface area (Å²) in [6.07, 6.45) is 0. The summed E-state index contributed by atoms with van der Waals surface area (Å²) in [6.45, 7) is 1.33. The summed E-state index contributed by atoms with van der Waals surface area (Å²) in [5.41, 5.74) is 3.21. The molecule has 0 N–H and O–H groups in total. The smallest absolute Gasteiger partial charge is 0.196 e. The van der Waals surface area contributed by atoms with Gasteiger partial charge in [0.05, 0.1) is 26.5 Å². The number of methoxy groups -OCH3 is 2. The molecule has 34 heavy (non-hydrogen) atoms. The molecule has 0 spiro atoms. The Balaban J connectivity index is 1.61. The van der Waals surface area contributed by atoms with Crippen molar-refractivity contribution in [2.75, 3.05) is 21.3 Å². The Hall–Kier alpha value is -3.00. The average molecular weight is 495 g/mol. The molecule has 3 aromatic carbocycles. The third kappa shape index (κ3) is 5.91. The molecule has 0 radical (unpaired) electrons. The van der Waals surface area contributed by atoms with Gasteiger partial charge in [0, 0.05) is 29.0 Å². The van der Waals surface area contributed by atoms with E-state index in [1.54, 1.807) is 26.0 Å². The highest BCUT2D eigenvalue weighted by Gasteiger charge is 2.17. The van der Waals surface area contributed by atoms with Gasteiger partial charge in [-0.15, -0.1) is 10.2 Å². The molecule has 1 heterocycles. The number of nitrogens with zero attached hydrogens (tertiary/aromatic N) is 4. The van der Waals surface area contributed by atoms with Crippen LogP contribution in [0.1, 0.15) is 17.0 Å². The largest absolute Gasteiger partial charge is 0.497 e. The molecule has 0 fully saturated rings. The zero-order valence-corrected chi connectivity index (χ0v) is 21.0. The number of thioether (sulfide) groups is 1. The van der Waals surface area contributed by atoms with E-state index in [0.29, 0.717) is 6.54 Å². The third-order valence-electron chi connectivity index (χ3n) is 5.31. The van der Waals surface area contributed by atoms with Crippen molar-refractivity contribution in [1.29, 1.82) is 0 Å². The van der Waals surface area contributed by atoms with Crippen molar-refractivity contribution in [1.82, 2.24) is 19.7 Å². The van der Waals surface area contributed by atoms with Gasteiger partial charge in [-0.05, 0) is 42.9 Å². The van der Waals surface area contributed by atoms with Crippen LogP contribution < -0.4 is 9.47 Å². The summed E-state index contributed by atoms with van der Waals surface area (Å²) >= 11 is 7.79.